The van der Waals surface area contributed by atoms with Crippen LogP contribution in [-0.2, 0) is 14.3 Å². The number of alkyl carbamates (subject to hydrolysis) is 1. The number of anilines is 2. The van der Waals surface area contributed by atoms with Gasteiger partial charge in [0.1, 0.15) is 17.9 Å². The van der Waals surface area contributed by atoms with Crippen LogP contribution in [0.25, 0.3) is 0 Å². The van der Waals surface area contributed by atoms with Gasteiger partial charge >= 0.3 is 12.2 Å². The smallest absolute Gasteiger partial charge is 0.444 e. The third-order valence-electron chi connectivity index (χ3n) is 3.82. The Labute approximate surface area is 191 Å². The van der Waals surface area contributed by atoms with Gasteiger partial charge in [0, 0.05) is 5.56 Å². The van der Waals surface area contributed by atoms with E-state index in [1.165, 1.54) is 24.3 Å². The van der Waals surface area contributed by atoms with Gasteiger partial charge in [0.2, 0.25) is 5.91 Å². The van der Waals surface area contributed by atoms with Crippen LogP contribution in [0.2, 0.25) is 0 Å². The molecule has 10 nitrogen and oxygen atoms in total. The number of benzene rings is 2. The van der Waals surface area contributed by atoms with E-state index < -0.39 is 29.7 Å². The number of ether oxygens (including phenoxy) is 3. The number of nitrogens with one attached hydrogen (secondary N) is 3. The van der Waals surface area contributed by atoms with E-state index in [2.05, 4.69) is 16.0 Å². The Bertz CT molecular complexity index is 998. The van der Waals surface area contributed by atoms with Gasteiger partial charge in [-0.25, -0.2) is 9.59 Å². The molecular weight excluding hydrogens is 430 g/mol. The summed E-state index contributed by atoms with van der Waals surface area (Å²) in [5, 5.41) is 7.71. The van der Waals surface area contributed by atoms with Gasteiger partial charge in [0.05, 0.1) is 18.0 Å². The van der Waals surface area contributed by atoms with Crippen molar-refractivity contribution in [3.05, 3.63) is 54.1 Å². The van der Waals surface area contributed by atoms with E-state index in [4.69, 9.17) is 14.2 Å². The number of para-hydroxylation sites is 2. The van der Waals surface area contributed by atoms with Crippen LogP contribution >= 0.6 is 0 Å². The fourth-order valence-corrected chi connectivity index (χ4v) is 2.47. The van der Waals surface area contributed by atoms with Gasteiger partial charge in [-0.2, -0.15) is 0 Å². The number of carbonyl (C=O) groups is 4. The maximum Gasteiger partial charge on any atom is 0.513 e. The first-order valence-electron chi connectivity index (χ1n) is 10.2. The molecule has 0 spiro atoms. The van der Waals surface area contributed by atoms with Gasteiger partial charge in [-0.05, 0) is 64.1 Å². The molecule has 10 heteroatoms. The second-order valence-electron chi connectivity index (χ2n) is 7.71. The van der Waals surface area contributed by atoms with Crippen LogP contribution in [-0.4, -0.2) is 42.8 Å². The lowest BCUT2D eigenvalue weighted by atomic mass is 10.2. The molecule has 0 atom stereocenters. The van der Waals surface area contributed by atoms with Crippen LogP contribution in [0.4, 0.5) is 21.0 Å². The zero-order chi connectivity index (χ0) is 24.4. The first-order valence-corrected chi connectivity index (χ1v) is 10.2. The summed E-state index contributed by atoms with van der Waals surface area (Å²) < 4.78 is 14.7. The summed E-state index contributed by atoms with van der Waals surface area (Å²) in [6.07, 6.45) is -1.55. The molecule has 3 N–H and O–H groups in total. The SMILES string of the molecule is CCOC(=O)Oc1ccc(C(=O)Nc2ccccc2NC(=O)CNC(=O)OC(C)(C)C)cc1. The number of rotatable bonds is 7. The van der Waals surface area contributed by atoms with Gasteiger partial charge in [-0.15, -0.1) is 0 Å². The molecule has 2 rings (SSSR count). The Morgan fingerprint density at radius 2 is 1.48 bits per heavy atom. The number of hydrogen-bond donors (Lipinski definition) is 3. The highest BCUT2D eigenvalue weighted by Gasteiger charge is 2.17. The molecule has 2 aromatic carbocycles. The van der Waals surface area contributed by atoms with Crippen molar-refractivity contribution >= 4 is 35.4 Å². The number of hydrogen-bond acceptors (Lipinski definition) is 7. The van der Waals surface area contributed by atoms with Gasteiger partial charge in [0.15, 0.2) is 0 Å². The van der Waals surface area contributed by atoms with E-state index in [1.807, 2.05) is 0 Å². The molecular formula is C23H27N3O7. The van der Waals surface area contributed by atoms with Crippen LogP contribution in [0, 0.1) is 0 Å². The maximum atomic E-state index is 12.6. The second-order valence-corrected chi connectivity index (χ2v) is 7.71. The Hall–Kier alpha value is -4.08. The molecule has 0 unspecified atom stereocenters. The lowest BCUT2D eigenvalue weighted by Gasteiger charge is -2.19. The predicted octanol–water partition coefficient (Wildman–Crippen LogP) is 3.94. The average molecular weight is 457 g/mol. The van der Waals surface area contributed by atoms with Crippen LogP contribution in [0.5, 0.6) is 5.75 Å². The van der Waals surface area contributed by atoms with Crippen molar-refractivity contribution in [2.75, 3.05) is 23.8 Å². The minimum atomic E-state index is -0.833. The fourth-order valence-electron chi connectivity index (χ4n) is 2.47. The highest BCUT2D eigenvalue weighted by Crippen LogP contribution is 2.22. The summed E-state index contributed by atoms with van der Waals surface area (Å²) in [4.78, 5) is 47.9. The highest BCUT2D eigenvalue weighted by atomic mass is 16.7. The molecule has 33 heavy (non-hydrogen) atoms. The van der Waals surface area contributed by atoms with Crippen molar-refractivity contribution in [2.45, 2.75) is 33.3 Å². The highest BCUT2D eigenvalue weighted by molar-refractivity contribution is 6.07. The van der Waals surface area contributed by atoms with E-state index in [9.17, 15) is 19.2 Å². The Morgan fingerprint density at radius 1 is 0.879 bits per heavy atom. The zero-order valence-electron chi connectivity index (χ0n) is 18.9. The van der Waals surface area contributed by atoms with Crippen molar-refractivity contribution in [1.82, 2.24) is 5.32 Å². The van der Waals surface area contributed by atoms with Gasteiger partial charge in [0.25, 0.3) is 5.91 Å². The summed E-state index contributed by atoms with van der Waals surface area (Å²) in [5.41, 5.74) is 0.337. The van der Waals surface area contributed by atoms with Gasteiger partial charge < -0.3 is 30.2 Å². The molecule has 2 aromatic rings. The lowest BCUT2D eigenvalue weighted by Crippen LogP contribution is -2.37. The minimum absolute atomic E-state index is 0.187. The monoisotopic (exact) mass is 457 g/mol. The van der Waals surface area contributed by atoms with Crippen molar-refractivity contribution in [2.24, 2.45) is 0 Å². The molecule has 0 aromatic heterocycles. The topological polar surface area (TPSA) is 132 Å². The van der Waals surface area contributed by atoms with Crippen LogP contribution < -0.4 is 20.7 Å². The minimum Gasteiger partial charge on any atom is -0.444 e. The molecule has 0 fully saturated rings. The first-order chi connectivity index (χ1) is 15.6. The summed E-state index contributed by atoms with van der Waals surface area (Å²) in [6, 6.07) is 12.5. The molecule has 0 saturated carbocycles. The van der Waals surface area contributed by atoms with E-state index in [-0.39, 0.29) is 18.9 Å². The molecule has 0 radical (unpaired) electrons. The quantitative estimate of drug-likeness (QED) is 0.424. The van der Waals surface area contributed by atoms with Crippen LogP contribution in [0.3, 0.4) is 0 Å². The third kappa shape index (κ3) is 8.90. The lowest BCUT2D eigenvalue weighted by molar-refractivity contribution is -0.115. The predicted molar refractivity (Wildman–Crippen MR) is 121 cm³/mol. The molecule has 0 aliphatic carbocycles. The summed E-state index contributed by atoms with van der Waals surface area (Å²) in [6.45, 7) is 6.68. The number of amides is 3. The van der Waals surface area contributed by atoms with Gasteiger partial charge in [-0.1, -0.05) is 12.1 Å². The van der Waals surface area contributed by atoms with Crippen molar-refractivity contribution in [1.29, 1.82) is 0 Å². The molecule has 0 aliphatic heterocycles. The zero-order valence-corrected chi connectivity index (χ0v) is 18.9. The number of carbonyl (C=O) groups excluding carboxylic acids is 4. The third-order valence-corrected chi connectivity index (χ3v) is 3.82. The summed E-state index contributed by atoms with van der Waals surface area (Å²) >= 11 is 0. The van der Waals surface area contributed by atoms with E-state index in [1.54, 1.807) is 52.0 Å². The molecule has 0 bridgehead atoms. The molecule has 0 saturated heterocycles. The molecule has 176 valence electrons. The summed E-state index contributed by atoms with van der Waals surface area (Å²) in [7, 11) is 0. The largest absolute Gasteiger partial charge is 0.513 e. The Kier molecular flexibility index (Phi) is 8.79. The van der Waals surface area contributed by atoms with Crippen LogP contribution in [0.1, 0.15) is 38.1 Å². The van der Waals surface area contributed by atoms with Crippen molar-refractivity contribution in [3.63, 3.8) is 0 Å². The first kappa shape index (κ1) is 25.2. The normalized spacial score (nSPS) is 10.5. The van der Waals surface area contributed by atoms with Gasteiger partial charge in [-0.3, -0.25) is 9.59 Å². The Balaban J connectivity index is 1.96. The van der Waals surface area contributed by atoms with Crippen LogP contribution in [0.15, 0.2) is 48.5 Å². The Morgan fingerprint density at radius 3 is 2.06 bits per heavy atom. The van der Waals surface area contributed by atoms with Crippen molar-refractivity contribution in [3.8, 4) is 5.75 Å². The van der Waals surface area contributed by atoms with E-state index >= 15 is 0 Å². The average Bonchev–Trinajstić information content (AvgIpc) is 2.73. The molecule has 3 amide bonds. The standard InChI is InChI=1S/C23H27N3O7/c1-5-31-22(30)32-16-12-10-15(11-13-16)20(28)26-18-9-7-6-8-17(18)25-19(27)14-24-21(29)33-23(2,3)4/h6-13H,5,14H2,1-4H3,(H,24,29)(H,25,27)(H,26,28). The summed E-state index contributed by atoms with van der Waals surface area (Å²) in [5.74, 6) is -0.704. The van der Waals surface area contributed by atoms with Crippen molar-refractivity contribution < 1.29 is 33.4 Å². The van der Waals surface area contributed by atoms with E-state index in [0.29, 0.717) is 16.9 Å². The fraction of sp³-hybridized carbons (Fsp3) is 0.304. The second kappa shape index (κ2) is 11.5. The molecule has 0 heterocycles. The van der Waals surface area contributed by atoms with E-state index in [0.717, 1.165) is 0 Å². The maximum absolute atomic E-state index is 12.6. The molecule has 0 aliphatic rings.